The second-order valence-corrected chi connectivity index (χ2v) is 6.16. The molecule has 8 heteroatoms. The second kappa shape index (κ2) is 8.16. The van der Waals surface area contributed by atoms with E-state index >= 15 is 0 Å². The van der Waals surface area contributed by atoms with Crippen LogP contribution in [0.3, 0.4) is 0 Å². The Bertz CT molecular complexity index is 705. The molecule has 1 amide bonds. The molecule has 0 radical (unpaired) electrons. The van der Waals surface area contributed by atoms with Gasteiger partial charge in [-0.05, 0) is 63.0 Å². The molecule has 0 aliphatic carbocycles. The van der Waals surface area contributed by atoms with E-state index in [1.54, 1.807) is 25.3 Å². The highest BCUT2D eigenvalue weighted by molar-refractivity contribution is 9.11. The molecule has 0 bridgehead atoms. The molecule has 1 aromatic carbocycles. The normalized spacial score (nSPS) is 10.8. The van der Waals surface area contributed by atoms with Gasteiger partial charge in [-0.25, -0.2) is 5.43 Å². The number of amides is 1. The van der Waals surface area contributed by atoms with E-state index in [1.807, 2.05) is 13.0 Å². The third-order valence-electron chi connectivity index (χ3n) is 2.70. The van der Waals surface area contributed by atoms with Gasteiger partial charge in [0, 0.05) is 0 Å². The Hall–Kier alpha value is -1.80. The largest absolute Gasteiger partial charge is 0.497 e. The van der Waals surface area contributed by atoms with Gasteiger partial charge in [0.15, 0.2) is 6.61 Å². The Morgan fingerprint density at radius 1 is 1.35 bits per heavy atom. The first kappa shape index (κ1) is 17.6. The summed E-state index contributed by atoms with van der Waals surface area (Å²) in [6, 6.07) is 7.06. The second-order valence-electron chi connectivity index (χ2n) is 4.45. The lowest BCUT2D eigenvalue weighted by atomic mass is 10.3. The molecule has 0 unspecified atom stereocenters. The van der Waals surface area contributed by atoms with Crippen molar-refractivity contribution in [2.75, 3.05) is 13.7 Å². The number of rotatable bonds is 6. The van der Waals surface area contributed by atoms with E-state index in [-0.39, 0.29) is 12.5 Å². The zero-order valence-corrected chi connectivity index (χ0v) is 15.6. The number of aryl methyl sites for hydroxylation is 1. The average Bonchev–Trinajstić information content (AvgIpc) is 2.91. The summed E-state index contributed by atoms with van der Waals surface area (Å²) in [4.78, 5) is 11.7. The van der Waals surface area contributed by atoms with Gasteiger partial charge in [0.2, 0.25) is 0 Å². The molecule has 0 saturated carbocycles. The topological polar surface area (TPSA) is 73.1 Å². The molecule has 122 valence electrons. The Kier molecular flexibility index (Phi) is 6.23. The molecule has 0 saturated heterocycles. The van der Waals surface area contributed by atoms with Crippen molar-refractivity contribution in [1.82, 2.24) is 5.43 Å². The number of benzene rings is 1. The van der Waals surface area contributed by atoms with Gasteiger partial charge in [0.25, 0.3) is 5.91 Å². The van der Waals surface area contributed by atoms with Crippen LogP contribution in [0.4, 0.5) is 0 Å². The summed E-state index contributed by atoms with van der Waals surface area (Å²) in [5.74, 6) is 2.12. The van der Waals surface area contributed by atoms with Crippen LogP contribution in [-0.2, 0) is 4.79 Å². The molecule has 1 aromatic heterocycles. The van der Waals surface area contributed by atoms with E-state index in [0.29, 0.717) is 26.2 Å². The molecular formula is C15H14Br2N2O4. The third-order valence-corrected chi connectivity index (χ3v) is 3.88. The van der Waals surface area contributed by atoms with E-state index < -0.39 is 0 Å². The molecule has 23 heavy (non-hydrogen) atoms. The van der Waals surface area contributed by atoms with Crippen molar-refractivity contribution in [3.63, 3.8) is 0 Å². The molecule has 0 aliphatic rings. The fourth-order valence-corrected chi connectivity index (χ4v) is 3.03. The van der Waals surface area contributed by atoms with Crippen LogP contribution in [0.2, 0.25) is 0 Å². The number of nitrogens with zero attached hydrogens (tertiary/aromatic N) is 1. The summed E-state index contributed by atoms with van der Waals surface area (Å²) in [6.07, 6.45) is 1.42. The Morgan fingerprint density at radius 3 is 2.61 bits per heavy atom. The van der Waals surface area contributed by atoms with Crippen molar-refractivity contribution in [2.24, 2.45) is 5.10 Å². The highest BCUT2D eigenvalue weighted by atomic mass is 79.9. The lowest BCUT2D eigenvalue weighted by Gasteiger charge is -2.11. The van der Waals surface area contributed by atoms with Gasteiger partial charge in [0.1, 0.15) is 23.0 Å². The van der Waals surface area contributed by atoms with Crippen LogP contribution in [0.25, 0.3) is 0 Å². The first-order valence-electron chi connectivity index (χ1n) is 6.53. The van der Waals surface area contributed by atoms with Gasteiger partial charge >= 0.3 is 0 Å². The molecule has 2 aromatic rings. The van der Waals surface area contributed by atoms with Gasteiger partial charge in [-0.1, -0.05) is 0 Å². The van der Waals surface area contributed by atoms with Crippen LogP contribution >= 0.6 is 31.9 Å². The van der Waals surface area contributed by atoms with Crippen LogP contribution < -0.4 is 14.9 Å². The van der Waals surface area contributed by atoms with Gasteiger partial charge in [-0.3, -0.25) is 4.79 Å². The Morgan fingerprint density at radius 2 is 2.04 bits per heavy atom. The highest BCUT2D eigenvalue weighted by Crippen LogP contribution is 2.37. The minimum atomic E-state index is -0.390. The number of hydrogen-bond acceptors (Lipinski definition) is 5. The molecule has 6 nitrogen and oxygen atoms in total. The van der Waals surface area contributed by atoms with Gasteiger partial charge in [0.05, 0.1) is 22.3 Å². The summed E-state index contributed by atoms with van der Waals surface area (Å²) in [7, 11) is 1.57. The lowest BCUT2D eigenvalue weighted by molar-refractivity contribution is -0.123. The standard InChI is InChI=1S/C15H14Br2N2O4/c1-9-3-4-10(23-9)7-18-19-14(20)8-22-15-12(16)5-11(21-2)6-13(15)17/h3-7H,8H2,1-2H3,(H,19,20)/b18-7+. The van der Waals surface area contributed by atoms with Crippen molar-refractivity contribution < 1.29 is 18.7 Å². The Balaban J connectivity index is 1.88. The molecule has 0 fully saturated rings. The van der Waals surface area contributed by atoms with Crippen LogP contribution in [0, 0.1) is 6.92 Å². The van der Waals surface area contributed by atoms with Crippen molar-refractivity contribution in [1.29, 1.82) is 0 Å². The van der Waals surface area contributed by atoms with Gasteiger partial charge in [-0.2, -0.15) is 5.10 Å². The molecular weight excluding hydrogens is 432 g/mol. The molecule has 0 spiro atoms. The number of methoxy groups -OCH3 is 1. The van der Waals surface area contributed by atoms with Gasteiger partial charge < -0.3 is 13.9 Å². The van der Waals surface area contributed by atoms with E-state index in [4.69, 9.17) is 13.9 Å². The van der Waals surface area contributed by atoms with Crippen molar-refractivity contribution >= 4 is 44.0 Å². The van der Waals surface area contributed by atoms with Crippen molar-refractivity contribution in [3.05, 3.63) is 44.7 Å². The number of carbonyl (C=O) groups excluding carboxylic acids is 1. The van der Waals surface area contributed by atoms with E-state index in [0.717, 1.165) is 5.76 Å². The maximum Gasteiger partial charge on any atom is 0.277 e. The molecule has 2 rings (SSSR count). The summed E-state index contributed by atoms with van der Waals surface area (Å²) in [5.41, 5.74) is 2.36. The van der Waals surface area contributed by atoms with Crippen LogP contribution in [0.15, 0.2) is 42.7 Å². The molecule has 0 aliphatic heterocycles. The summed E-state index contributed by atoms with van der Waals surface area (Å²) < 4.78 is 17.2. The smallest absolute Gasteiger partial charge is 0.277 e. The van der Waals surface area contributed by atoms with Crippen LogP contribution in [-0.4, -0.2) is 25.8 Å². The zero-order chi connectivity index (χ0) is 16.8. The van der Waals surface area contributed by atoms with Crippen LogP contribution in [0.1, 0.15) is 11.5 Å². The quantitative estimate of drug-likeness (QED) is 0.544. The highest BCUT2D eigenvalue weighted by Gasteiger charge is 2.11. The minimum absolute atomic E-state index is 0.182. The molecule has 1 heterocycles. The van der Waals surface area contributed by atoms with Gasteiger partial charge in [-0.15, -0.1) is 0 Å². The first-order chi connectivity index (χ1) is 11.0. The summed E-state index contributed by atoms with van der Waals surface area (Å²) in [6.45, 7) is 1.65. The number of furan rings is 1. The van der Waals surface area contributed by atoms with Crippen LogP contribution in [0.5, 0.6) is 11.5 Å². The minimum Gasteiger partial charge on any atom is -0.497 e. The Labute approximate surface area is 150 Å². The average molecular weight is 446 g/mol. The SMILES string of the molecule is COc1cc(Br)c(OCC(=O)N/N=C/c2ccc(C)o2)c(Br)c1. The maximum atomic E-state index is 11.7. The summed E-state index contributed by atoms with van der Waals surface area (Å²) >= 11 is 6.73. The number of halogens is 2. The monoisotopic (exact) mass is 444 g/mol. The number of hydrogen-bond donors (Lipinski definition) is 1. The molecule has 0 atom stereocenters. The van der Waals surface area contributed by atoms with E-state index in [9.17, 15) is 4.79 Å². The number of carbonyl (C=O) groups is 1. The molecule has 1 N–H and O–H groups in total. The first-order valence-corrected chi connectivity index (χ1v) is 8.12. The maximum absolute atomic E-state index is 11.7. The predicted octanol–water partition coefficient (Wildman–Crippen LogP) is 3.65. The number of nitrogens with one attached hydrogen (secondary N) is 1. The van der Waals surface area contributed by atoms with E-state index in [2.05, 4.69) is 42.4 Å². The van der Waals surface area contributed by atoms with Crippen molar-refractivity contribution in [3.8, 4) is 11.5 Å². The van der Waals surface area contributed by atoms with E-state index in [1.165, 1.54) is 6.21 Å². The number of ether oxygens (including phenoxy) is 2. The van der Waals surface area contributed by atoms with Crippen molar-refractivity contribution in [2.45, 2.75) is 6.92 Å². The third kappa shape index (κ3) is 5.11. The fourth-order valence-electron chi connectivity index (χ4n) is 1.65. The predicted molar refractivity (Wildman–Crippen MR) is 93.1 cm³/mol. The zero-order valence-electron chi connectivity index (χ0n) is 12.4. The number of hydrazone groups is 1. The summed E-state index contributed by atoms with van der Waals surface area (Å²) in [5, 5.41) is 3.80. The fraction of sp³-hybridized carbons (Fsp3) is 0.200. The lowest BCUT2D eigenvalue weighted by Crippen LogP contribution is -2.24.